The van der Waals surface area contributed by atoms with Gasteiger partial charge in [-0.2, -0.15) is 4.98 Å². The van der Waals surface area contributed by atoms with Crippen molar-refractivity contribution < 1.29 is 14.3 Å². The fourth-order valence-corrected chi connectivity index (χ4v) is 4.49. The lowest BCUT2D eigenvalue weighted by Crippen LogP contribution is -2.38. The minimum Gasteiger partial charge on any atom is -0.457 e. The Balaban J connectivity index is 1.27. The number of carbonyl (C=O) groups excluding carboxylic acids is 1. The monoisotopic (exact) mass is 497 g/mol. The van der Waals surface area contributed by atoms with Gasteiger partial charge in [0.1, 0.15) is 29.1 Å². The predicted octanol–water partition coefficient (Wildman–Crippen LogP) is 5.30. The molecule has 0 unspecified atom stereocenters. The van der Waals surface area contributed by atoms with E-state index in [0.717, 1.165) is 41.9 Å². The van der Waals surface area contributed by atoms with Gasteiger partial charge in [-0.1, -0.05) is 24.3 Å². The first kappa shape index (κ1) is 24.5. The summed E-state index contributed by atoms with van der Waals surface area (Å²) < 4.78 is 14.3. The number of para-hydroxylation sites is 1. The van der Waals surface area contributed by atoms with Crippen LogP contribution < -0.4 is 9.47 Å². The van der Waals surface area contributed by atoms with Crippen LogP contribution in [0, 0.1) is 0 Å². The average Bonchev–Trinajstić information content (AvgIpc) is 3.36. The van der Waals surface area contributed by atoms with Crippen molar-refractivity contribution in [1.29, 1.82) is 0 Å². The van der Waals surface area contributed by atoms with Gasteiger partial charge in [-0.3, -0.25) is 4.79 Å². The largest absolute Gasteiger partial charge is 0.457 e. The van der Waals surface area contributed by atoms with E-state index in [1.54, 1.807) is 6.08 Å². The standard InChI is InChI=1S/C29H31N5O3/c1-32(2)17-6-9-27(35)33-18-14-22(15-19-33)34-20-16-26-28(34)29(31-21-30-26)37-25-12-10-24(11-13-25)36-23-7-4-3-5-8-23/h3-13,16,20-22H,14-15,17-19H2,1-2H3/b9-6+. The first-order valence-corrected chi connectivity index (χ1v) is 12.5. The predicted molar refractivity (Wildman–Crippen MR) is 143 cm³/mol. The van der Waals surface area contributed by atoms with Crippen molar-refractivity contribution in [1.82, 2.24) is 24.3 Å². The Bertz CT molecular complexity index is 1360. The number of hydrogen-bond donors (Lipinski definition) is 0. The third kappa shape index (κ3) is 5.98. The zero-order valence-electron chi connectivity index (χ0n) is 21.2. The summed E-state index contributed by atoms with van der Waals surface area (Å²) in [5.74, 6) is 2.76. The topological polar surface area (TPSA) is 72.7 Å². The number of carbonyl (C=O) groups is 1. The van der Waals surface area contributed by atoms with E-state index in [-0.39, 0.29) is 11.9 Å². The molecule has 1 aliphatic rings. The van der Waals surface area contributed by atoms with Crippen molar-refractivity contribution in [3.8, 4) is 23.1 Å². The average molecular weight is 498 g/mol. The highest BCUT2D eigenvalue weighted by Gasteiger charge is 2.25. The number of benzene rings is 2. The van der Waals surface area contributed by atoms with Crippen LogP contribution >= 0.6 is 0 Å². The van der Waals surface area contributed by atoms with Crippen molar-refractivity contribution in [3.63, 3.8) is 0 Å². The summed E-state index contributed by atoms with van der Waals surface area (Å²) in [5, 5.41) is 0. The summed E-state index contributed by atoms with van der Waals surface area (Å²) in [4.78, 5) is 25.4. The maximum Gasteiger partial charge on any atom is 0.247 e. The van der Waals surface area contributed by atoms with E-state index in [0.29, 0.717) is 24.7 Å². The molecule has 0 bridgehead atoms. The lowest BCUT2D eigenvalue weighted by atomic mass is 10.0. The molecule has 4 aromatic rings. The number of ether oxygens (including phenoxy) is 2. The first-order valence-electron chi connectivity index (χ1n) is 12.5. The number of likely N-dealkylation sites (N-methyl/N-ethyl adjacent to an activating group) is 1. The summed E-state index contributed by atoms with van der Waals surface area (Å²) in [7, 11) is 3.97. The van der Waals surface area contributed by atoms with Crippen molar-refractivity contribution in [2.45, 2.75) is 18.9 Å². The van der Waals surface area contributed by atoms with Crippen LogP contribution in [0.25, 0.3) is 11.0 Å². The van der Waals surface area contributed by atoms with Crippen molar-refractivity contribution in [2.75, 3.05) is 33.7 Å². The summed E-state index contributed by atoms with van der Waals surface area (Å²) in [6.45, 7) is 2.17. The van der Waals surface area contributed by atoms with Crippen LogP contribution in [0.2, 0.25) is 0 Å². The minimum atomic E-state index is 0.0738. The second-order valence-electron chi connectivity index (χ2n) is 9.35. The number of nitrogens with zero attached hydrogens (tertiary/aromatic N) is 5. The molecule has 0 N–H and O–H groups in total. The molecule has 1 fully saturated rings. The highest BCUT2D eigenvalue weighted by Crippen LogP contribution is 2.33. The normalized spacial score (nSPS) is 14.5. The van der Waals surface area contributed by atoms with Crippen LogP contribution in [0.3, 0.4) is 0 Å². The number of fused-ring (bicyclic) bond motifs is 1. The minimum absolute atomic E-state index is 0.0738. The van der Waals surface area contributed by atoms with Gasteiger partial charge in [0.25, 0.3) is 0 Å². The van der Waals surface area contributed by atoms with Gasteiger partial charge in [-0.05, 0) is 69.4 Å². The number of piperidine rings is 1. The molecule has 2 aromatic heterocycles. The molecule has 1 amide bonds. The molecule has 2 aromatic carbocycles. The van der Waals surface area contributed by atoms with E-state index in [1.165, 1.54) is 6.33 Å². The number of amides is 1. The molecule has 1 aliphatic heterocycles. The van der Waals surface area contributed by atoms with Gasteiger partial charge in [0.05, 0.1) is 5.52 Å². The van der Waals surface area contributed by atoms with Gasteiger partial charge in [0, 0.05) is 37.9 Å². The fraction of sp³-hybridized carbons (Fsp3) is 0.276. The maximum absolute atomic E-state index is 12.5. The van der Waals surface area contributed by atoms with Crippen molar-refractivity contribution in [2.24, 2.45) is 0 Å². The van der Waals surface area contributed by atoms with Gasteiger partial charge in [-0.15, -0.1) is 0 Å². The van der Waals surface area contributed by atoms with E-state index >= 15 is 0 Å². The van der Waals surface area contributed by atoms with E-state index < -0.39 is 0 Å². The Kier molecular flexibility index (Phi) is 7.46. The molecular weight excluding hydrogens is 466 g/mol. The van der Waals surface area contributed by atoms with Crippen molar-refractivity contribution >= 4 is 16.9 Å². The quantitative estimate of drug-likeness (QED) is 0.308. The van der Waals surface area contributed by atoms with E-state index in [1.807, 2.05) is 96.8 Å². The fourth-order valence-electron chi connectivity index (χ4n) is 4.49. The van der Waals surface area contributed by atoms with Gasteiger partial charge in [0.15, 0.2) is 0 Å². The molecule has 0 aliphatic carbocycles. The summed E-state index contributed by atoms with van der Waals surface area (Å²) >= 11 is 0. The molecule has 3 heterocycles. The van der Waals surface area contributed by atoms with Crippen LogP contribution in [0.5, 0.6) is 23.1 Å². The van der Waals surface area contributed by atoms with E-state index in [2.05, 4.69) is 14.5 Å². The third-order valence-corrected chi connectivity index (χ3v) is 6.39. The molecule has 8 heteroatoms. The second-order valence-corrected chi connectivity index (χ2v) is 9.35. The number of aromatic nitrogens is 3. The van der Waals surface area contributed by atoms with Gasteiger partial charge in [0.2, 0.25) is 11.8 Å². The summed E-state index contributed by atoms with van der Waals surface area (Å²) in [6, 6.07) is 19.4. The summed E-state index contributed by atoms with van der Waals surface area (Å²) in [5.41, 5.74) is 1.70. The Hall–Kier alpha value is -4.17. The Labute approximate surface area is 216 Å². The SMILES string of the molecule is CN(C)C/C=C/C(=O)N1CCC(n2ccc3ncnc(Oc4ccc(Oc5ccccc5)cc4)c32)CC1. The first-order chi connectivity index (χ1) is 18.1. The molecule has 190 valence electrons. The van der Waals surface area contributed by atoms with Crippen LogP contribution in [-0.4, -0.2) is 64.0 Å². The molecular formula is C29H31N5O3. The highest BCUT2D eigenvalue weighted by atomic mass is 16.5. The number of rotatable bonds is 8. The van der Waals surface area contributed by atoms with Crippen LogP contribution in [0.1, 0.15) is 18.9 Å². The third-order valence-electron chi connectivity index (χ3n) is 6.39. The Morgan fingerprint density at radius 2 is 1.62 bits per heavy atom. The van der Waals surface area contributed by atoms with Gasteiger partial charge < -0.3 is 23.8 Å². The highest BCUT2D eigenvalue weighted by molar-refractivity contribution is 5.87. The maximum atomic E-state index is 12.5. The number of hydrogen-bond acceptors (Lipinski definition) is 6. The Morgan fingerprint density at radius 3 is 2.32 bits per heavy atom. The second kappa shape index (κ2) is 11.3. The molecule has 0 saturated carbocycles. The molecule has 0 radical (unpaired) electrons. The van der Waals surface area contributed by atoms with Gasteiger partial charge in [-0.25, -0.2) is 4.98 Å². The smallest absolute Gasteiger partial charge is 0.247 e. The Morgan fingerprint density at radius 1 is 0.946 bits per heavy atom. The zero-order valence-corrected chi connectivity index (χ0v) is 21.2. The van der Waals surface area contributed by atoms with Gasteiger partial charge >= 0.3 is 0 Å². The van der Waals surface area contributed by atoms with Crippen LogP contribution in [0.4, 0.5) is 0 Å². The lowest BCUT2D eigenvalue weighted by molar-refractivity contribution is -0.127. The van der Waals surface area contributed by atoms with E-state index in [9.17, 15) is 4.79 Å². The van der Waals surface area contributed by atoms with Crippen molar-refractivity contribution in [3.05, 3.63) is 85.3 Å². The van der Waals surface area contributed by atoms with E-state index in [4.69, 9.17) is 9.47 Å². The molecule has 1 saturated heterocycles. The van der Waals surface area contributed by atoms with Crippen LogP contribution in [0.15, 0.2) is 85.3 Å². The molecule has 5 rings (SSSR count). The van der Waals surface area contributed by atoms with Crippen LogP contribution in [-0.2, 0) is 4.79 Å². The number of likely N-dealkylation sites (tertiary alicyclic amines) is 1. The molecule has 8 nitrogen and oxygen atoms in total. The summed E-state index contributed by atoms with van der Waals surface area (Å²) in [6.07, 6.45) is 8.88. The molecule has 0 spiro atoms. The molecule has 37 heavy (non-hydrogen) atoms. The zero-order chi connectivity index (χ0) is 25.6. The molecule has 0 atom stereocenters. The lowest BCUT2D eigenvalue weighted by Gasteiger charge is -2.32.